The number of hydrogen-bond donors (Lipinski definition) is 1. The number of methoxy groups -OCH3 is 1. The van der Waals surface area contributed by atoms with Crippen LogP contribution < -0.4 is 0 Å². The average molecular weight is 293 g/mol. The van der Waals surface area contributed by atoms with Crippen molar-refractivity contribution in [1.82, 2.24) is 0 Å². The van der Waals surface area contributed by atoms with Crippen molar-refractivity contribution in [3.05, 3.63) is 48.0 Å². The molecule has 0 spiro atoms. The first-order chi connectivity index (χ1) is 6.33. The fraction of sp³-hybridized carbons (Fsp3) is 0.100. The van der Waals surface area contributed by atoms with Crippen molar-refractivity contribution < 1.29 is 32.4 Å². The van der Waals surface area contributed by atoms with Gasteiger partial charge in [0.1, 0.15) is 6.20 Å². The maximum Gasteiger partial charge on any atom is 0.295 e. The van der Waals surface area contributed by atoms with Crippen molar-refractivity contribution in [3.63, 3.8) is 0 Å². The van der Waals surface area contributed by atoms with Gasteiger partial charge in [0.15, 0.2) is 0 Å². The van der Waals surface area contributed by atoms with Crippen LogP contribution in [0.2, 0.25) is 0 Å². The van der Waals surface area contributed by atoms with E-state index < -0.39 is 0 Å². The first kappa shape index (κ1) is 20.5. The first-order valence-corrected chi connectivity index (χ1v) is 3.84. The van der Waals surface area contributed by atoms with E-state index in [1.807, 2.05) is 30.3 Å². The Labute approximate surface area is 109 Å². The van der Waals surface area contributed by atoms with E-state index in [-0.39, 0.29) is 38.4 Å². The molecule has 1 aromatic rings. The van der Waals surface area contributed by atoms with Gasteiger partial charge in [-0.1, -0.05) is 30.3 Å². The summed E-state index contributed by atoms with van der Waals surface area (Å²) in [5, 5.41) is 8.86. The molecule has 4 nitrogen and oxygen atoms in total. The van der Waals surface area contributed by atoms with Gasteiger partial charge in [-0.05, 0) is 5.56 Å². The minimum atomic E-state index is -0.202. The van der Waals surface area contributed by atoms with Gasteiger partial charge in [-0.3, -0.25) is 4.99 Å². The fourth-order valence-electron chi connectivity index (χ4n) is 0.779. The second kappa shape index (κ2) is 12.2. The molecule has 95 valence electrons. The monoisotopic (exact) mass is 292 g/mol. The molecule has 0 aliphatic carbocycles. The fourth-order valence-corrected chi connectivity index (χ4v) is 0.779. The Kier molecular flexibility index (Phi) is 15.7. The van der Waals surface area contributed by atoms with E-state index >= 15 is 0 Å². The molecule has 1 aromatic carbocycles. The molecule has 16 heavy (non-hydrogen) atoms. The van der Waals surface area contributed by atoms with E-state index in [9.17, 15) is 0 Å². The Morgan fingerprint density at radius 1 is 1.31 bits per heavy atom. The Bertz CT molecular complexity index is 317. The molecule has 0 bridgehead atoms. The molecule has 1 unspecified atom stereocenters. The third-order valence-electron chi connectivity index (χ3n) is 1.42. The number of ether oxygens (including phenoxy) is 1. The normalized spacial score (nSPS) is 9.69. The van der Waals surface area contributed by atoms with Crippen LogP contribution >= 0.6 is 9.90 Å². The second-order valence-electron chi connectivity index (χ2n) is 2.36. The molecule has 0 aliphatic rings. The van der Waals surface area contributed by atoms with Gasteiger partial charge < -0.3 is 15.3 Å². The van der Waals surface area contributed by atoms with Gasteiger partial charge in [0.05, 0.1) is 7.11 Å². The number of aliphatic hydroxyl groups is 1. The summed E-state index contributed by atoms with van der Waals surface area (Å²) in [5.41, 5.74) is 0.975. The van der Waals surface area contributed by atoms with Crippen molar-refractivity contribution >= 4 is 16.1 Å². The van der Waals surface area contributed by atoms with Gasteiger partial charge >= 0.3 is 0 Å². The van der Waals surface area contributed by atoms with Crippen LogP contribution in [0.5, 0.6) is 0 Å². The minimum Gasteiger partial charge on any atom is -0.480 e. The topological polar surface area (TPSA) is 73.3 Å². The van der Waals surface area contributed by atoms with Crippen molar-refractivity contribution in [2.45, 2.75) is 0 Å². The molecule has 1 radical (unpaired) electrons. The third kappa shape index (κ3) is 8.45. The second-order valence-corrected chi connectivity index (χ2v) is 2.36. The van der Waals surface area contributed by atoms with E-state index in [4.69, 9.17) is 5.11 Å². The molecule has 1 rings (SSSR count). The molecule has 0 fully saturated rings. The molecule has 0 amide bonds. The molecular weight excluding hydrogens is 277 g/mol. The van der Waals surface area contributed by atoms with Crippen molar-refractivity contribution in [1.29, 1.82) is 0 Å². The number of hydrogen-bond acceptors (Lipinski definition) is 3. The van der Waals surface area contributed by atoms with Gasteiger partial charge in [0.2, 0.25) is 0 Å². The van der Waals surface area contributed by atoms with Gasteiger partial charge in [0.25, 0.3) is 5.95 Å². The standard InChI is InChI=1S/C10H11NO2.Cu.H2O.H3P/c1-13-10(12)8-11-7-9-5-3-2-4-6-9;;;/h2-8,12H,1H3;;1H2;1H3/b10-8+,11-7?;;;. The van der Waals surface area contributed by atoms with Gasteiger partial charge in [-0.2, -0.15) is 9.90 Å². The molecule has 0 saturated carbocycles. The van der Waals surface area contributed by atoms with E-state index in [0.29, 0.717) is 0 Å². The Balaban J connectivity index is -0.000000563. The van der Waals surface area contributed by atoms with Gasteiger partial charge in [-0.25, -0.2) is 0 Å². The van der Waals surface area contributed by atoms with Crippen LogP contribution in [-0.2, 0) is 21.8 Å². The maximum atomic E-state index is 8.86. The van der Waals surface area contributed by atoms with E-state index in [1.165, 1.54) is 13.3 Å². The summed E-state index contributed by atoms with van der Waals surface area (Å²) in [7, 11) is 1.38. The van der Waals surface area contributed by atoms with Crippen LogP contribution in [0.25, 0.3) is 0 Å². The van der Waals surface area contributed by atoms with Crippen molar-refractivity contribution in [3.8, 4) is 0 Å². The van der Waals surface area contributed by atoms with Gasteiger partial charge in [0, 0.05) is 23.3 Å². The molecule has 3 N–H and O–H groups in total. The van der Waals surface area contributed by atoms with Crippen LogP contribution in [0.4, 0.5) is 0 Å². The summed E-state index contributed by atoms with van der Waals surface area (Å²) < 4.78 is 4.49. The zero-order valence-electron chi connectivity index (χ0n) is 8.85. The molecule has 0 aromatic heterocycles. The molecule has 6 heteroatoms. The number of nitrogens with zero attached hydrogens (tertiary/aromatic N) is 1. The summed E-state index contributed by atoms with van der Waals surface area (Å²) in [4.78, 5) is 3.85. The predicted molar refractivity (Wildman–Crippen MR) is 66.5 cm³/mol. The van der Waals surface area contributed by atoms with Crippen molar-refractivity contribution in [2.24, 2.45) is 4.99 Å². The summed E-state index contributed by atoms with van der Waals surface area (Å²) in [5.74, 6) is -0.202. The van der Waals surface area contributed by atoms with Crippen LogP contribution in [0, 0.1) is 0 Å². The molecule has 0 aliphatic heterocycles. The van der Waals surface area contributed by atoms with Crippen LogP contribution in [0.15, 0.2) is 47.5 Å². The van der Waals surface area contributed by atoms with Crippen LogP contribution in [0.3, 0.4) is 0 Å². The van der Waals surface area contributed by atoms with Crippen molar-refractivity contribution in [2.75, 3.05) is 7.11 Å². The SMILES string of the molecule is CO/C(O)=C/N=Cc1ccccc1.O.P.[Cu]. The number of aliphatic imine (C=N–C) groups is 1. The zero-order chi connectivity index (χ0) is 9.52. The smallest absolute Gasteiger partial charge is 0.295 e. The molecular formula is C10H16CuNO3P. The number of benzene rings is 1. The molecule has 0 saturated heterocycles. The van der Waals surface area contributed by atoms with Gasteiger partial charge in [-0.15, -0.1) is 0 Å². The predicted octanol–water partition coefficient (Wildman–Crippen LogP) is 1.34. The van der Waals surface area contributed by atoms with E-state index in [1.54, 1.807) is 6.21 Å². The maximum absolute atomic E-state index is 8.86. The summed E-state index contributed by atoms with van der Waals surface area (Å²) in [6.07, 6.45) is 2.88. The molecule has 1 atom stereocenters. The third-order valence-corrected chi connectivity index (χ3v) is 1.42. The van der Waals surface area contributed by atoms with Crippen LogP contribution in [-0.4, -0.2) is 23.9 Å². The van der Waals surface area contributed by atoms with E-state index in [0.717, 1.165) is 5.56 Å². The largest absolute Gasteiger partial charge is 0.480 e. The first-order valence-electron chi connectivity index (χ1n) is 3.84. The van der Waals surface area contributed by atoms with Crippen LogP contribution in [0.1, 0.15) is 5.56 Å². The minimum absolute atomic E-state index is 0. The average Bonchev–Trinajstić information content (AvgIpc) is 2.19. The Morgan fingerprint density at radius 2 is 1.88 bits per heavy atom. The number of aliphatic hydroxyl groups excluding tert-OH is 1. The quantitative estimate of drug-likeness (QED) is 0.395. The zero-order valence-corrected chi connectivity index (χ0v) is 11.2. The summed E-state index contributed by atoms with van der Waals surface area (Å²) in [6, 6.07) is 9.60. The number of rotatable bonds is 3. The Morgan fingerprint density at radius 3 is 2.38 bits per heavy atom. The Hall–Kier alpha value is -0.861. The molecule has 0 heterocycles. The summed E-state index contributed by atoms with van der Waals surface area (Å²) in [6.45, 7) is 0. The van der Waals surface area contributed by atoms with E-state index in [2.05, 4.69) is 9.73 Å². The summed E-state index contributed by atoms with van der Waals surface area (Å²) >= 11 is 0.